The number of hydrogen-bond donors (Lipinski definition) is 4. The van der Waals surface area contributed by atoms with Crippen LogP contribution in [0.15, 0.2) is 36.9 Å². The zero-order valence-electron chi connectivity index (χ0n) is 15.4. The van der Waals surface area contributed by atoms with Crippen molar-refractivity contribution < 1.29 is 9.90 Å². The SMILES string of the molecule is NC(=O)[C@H](Cc1ccc(O)cc1)NC1CCN(c2ncnc3nc[nH]c23)CC1. The van der Waals surface area contributed by atoms with Gasteiger partial charge in [-0.25, -0.2) is 15.0 Å². The van der Waals surface area contributed by atoms with Crippen molar-refractivity contribution in [2.75, 3.05) is 18.0 Å². The Bertz CT molecular complexity index is 948. The van der Waals surface area contributed by atoms with E-state index in [9.17, 15) is 9.90 Å². The van der Waals surface area contributed by atoms with E-state index in [0.29, 0.717) is 12.1 Å². The summed E-state index contributed by atoms with van der Waals surface area (Å²) in [6, 6.07) is 6.60. The maximum Gasteiger partial charge on any atom is 0.234 e. The predicted molar refractivity (Wildman–Crippen MR) is 105 cm³/mol. The number of phenolic OH excluding ortho intramolecular Hbond substituents is 1. The number of phenols is 1. The van der Waals surface area contributed by atoms with Gasteiger partial charge in [0.25, 0.3) is 0 Å². The van der Waals surface area contributed by atoms with Crippen LogP contribution in [0.2, 0.25) is 0 Å². The van der Waals surface area contributed by atoms with Gasteiger partial charge in [-0.3, -0.25) is 4.79 Å². The molecule has 4 rings (SSSR count). The van der Waals surface area contributed by atoms with Crippen molar-refractivity contribution in [2.24, 2.45) is 5.73 Å². The van der Waals surface area contributed by atoms with Gasteiger partial charge in [-0.05, 0) is 37.0 Å². The van der Waals surface area contributed by atoms with Crippen LogP contribution in [0.3, 0.4) is 0 Å². The Balaban J connectivity index is 1.38. The summed E-state index contributed by atoms with van der Waals surface area (Å²) in [4.78, 5) is 30.0. The standard InChI is InChI=1S/C19H23N7O2/c20-17(28)15(9-12-1-3-14(27)4-2-12)25-13-5-7-26(8-6-13)19-16-18(22-10-21-16)23-11-24-19/h1-4,10-11,13,15,25,27H,5-9H2,(H2,20,28)(H,21,22,23,24)/t15-/m0/s1. The molecule has 9 nitrogen and oxygen atoms in total. The van der Waals surface area contributed by atoms with Gasteiger partial charge in [-0.15, -0.1) is 0 Å². The van der Waals surface area contributed by atoms with Crippen molar-refractivity contribution in [1.82, 2.24) is 25.3 Å². The molecule has 1 atom stereocenters. The number of nitrogens with one attached hydrogen (secondary N) is 2. The lowest BCUT2D eigenvalue weighted by atomic mass is 10.00. The first-order valence-corrected chi connectivity index (χ1v) is 9.32. The normalized spacial score (nSPS) is 16.4. The summed E-state index contributed by atoms with van der Waals surface area (Å²) in [6.45, 7) is 1.63. The highest BCUT2D eigenvalue weighted by Gasteiger charge is 2.26. The summed E-state index contributed by atoms with van der Waals surface area (Å²) in [6.07, 6.45) is 5.40. The van der Waals surface area contributed by atoms with Gasteiger partial charge < -0.3 is 26.0 Å². The number of nitrogens with two attached hydrogens (primary N) is 1. The van der Waals surface area contributed by atoms with Gasteiger partial charge in [-0.2, -0.15) is 0 Å². The van der Waals surface area contributed by atoms with Crippen LogP contribution in [0.5, 0.6) is 5.75 Å². The molecule has 0 radical (unpaired) electrons. The van der Waals surface area contributed by atoms with Crippen LogP contribution >= 0.6 is 0 Å². The number of aromatic nitrogens is 4. The van der Waals surface area contributed by atoms with Crippen LogP contribution in [0, 0.1) is 0 Å². The zero-order valence-corrected chi connectivity index (χ0v) is 15.4. The minimum absolute atomic E-state index is 0.199. The predicted octanol–water partition coefficient (Wildman–Crippen LogP) is 0.713. The van der Waals surface area contributed by atoms with E-state index in [-0.39, 0.29) is 17.7 Å². The lowest BCUT2D eigenvalue weighted by Crippen LogP contribution is -2.51. The number of rotatable bonds is 6. The number of fused-ring (bicyclic) bond motifs is 1. The van der Waals surface area contributed by atoms with Crippen LogP contribution < -0.4 is 16.0 Å². The van der Waals surface area contributed by atoms with E-state index in [4.69, 9.17) is 5.73 Å². The van der Waals surface area contributed by atoms with Gasteiger partial charge in [0.2, 0.25) is 5.91 Å². The third-order valence-electron chi connectivity index (χ3n) is 5.15. The number of carbonyl (C=O) groups is 1. The summed E-state index contributed by atoms with van der Waals surface area (Å²) in [5.41, 5.74) is 8.07. The number of benzene rings is 1. The second-order valence-electron chi connectivity index (χ2n) is 7.05. The second kappa shape index (κ2) is 7.81. The quantitative estimate of drug-likeness (QED) is 0.494. The van der Waals surface area contributed by atoms with Crippen molar-refractivity contribution in [3.8, 4) is 5.75 Å². The molecule has 1 fully saturated rings. The summed E-state index contributed by atoms with van der Waals surface area (Å²) < 4.78 is 0. The lowest BCUT2D eigenvalue weighted by Gasteiger charge is -2.34. The van der Waals surface area contributed by atoms with Crippen molar-refractivity contribution in [1.29, 1.82) is 0 Å². The number of hydrogen-bond acceptors (Lipinski definition) is 7. The Morgan fingerprint density at radius 2 is 2.00 bits per heavy atom. The number of H-pyrrole nitrogens is 1. The van der Waals surface area contributed by atoms with Crippen LogP contribution in [0.4, 0.5) is 5.82 Å². The van der Waals surface area contributed by atoms with E-state index in [1.54, 1.807) is 30.6 Å². The number of amides is 1. The lowest BCUT2D eigenvalue weighted by molar-refractivity contribution is -0.120. The Morgan fingerprint density at radius 1 is 1.25 bits per heavy atom. The molecule has 146 valence electrons. The number of piperidine rings is 1. The minimum Gasteiger partial charge on any atom is -0.508 e. The van der Waals surface area contributed by atoms with Crippen LogP contribution in [0.25, 0.3) is 11.2 Å². The number of primary amides is 1. The highest BCUT2D eigenvalue weighted by Crippen LogP contribution is 2.23. The fraction of sp³-hybridized carbons (Fsp3) is 0.368. The molecule has 0 spiro atoms. The monoisotopic (exact) mass is 381 g/mol. The number of nitrogens with zero attached hydrogens (tertiary/aromatic N) is 4. The summed E-state index contributed by atoms with van der Waals surface area (Å²) in [5.74, 6) is 0.692. The highest BCUT2D eigenvalue weighted by molar-refractivity contribution is 5.82. The molecular formula is C19H23N7O2. The number of aromatic hydroxyl groups is 1. The Hall–Kier alpha value is -3.20. The van der Waals surface area contributed by atoms with Crippen molar-refractivity contribution >= 4 is 22.9 Å². The van der Waals surface area contributed by atoms with Crippen molar-refractivity contribution in [3.05, 3.63) is 42.5 Å². The van der Waals surface area contributed by atoms with Crippen LogP contribution in [-0.4, -0.2) is 56.1 Å². The van der Waals surface area contributed by atoms with Gasteiger partial charge in [0.15, 0.2) is 11.5 Å². The largest absolute Gasteiger partial charge is 0.508 e. The third kappa shape index (κ3) is 3.89. The first-order chi connectivity index (χ1) is 13.6. The van der Waals surface area contributed by atoms with E-state index in [2.05, 4.69) is 30.2 Å². The molecule has 1 aromatic carbocycles. The van der Waals surface area contributed by atoms with Gasteiger partial charge >= 0.3 is 0 Å². The van der Waals surface area contributed by atoms with Crippen molar-refractivity contribution in [2.45, 2.75) is 31.3 Å². The summed E-state index contributed by atoms with van der Waals surface area (Å²) in [7, 11) is 0. The number of aromatic amines is 1. The third-order valence-corrected chi connectivity index (χ3v) is 5.15. The van der Waals surface area contributed by atoms with E-state index in [1.165, 1.54) is 6.33 Å². The Kier molecular flexibility index (Phi) is 5.07. The van der Waals surface area contributed by atoms with E-state index in [1.807, 2.05) is 0 Å². The molecule has 0 aliphatic carbocycles. The Morgan fingerprint density at radius 3 is 2.71 bits per heavy atom. The number of imidazole rings is 1. The summed E-state index contributed by atoms with van der Waals surface area (Å²) in [5, 5.41) is 12.8. The van der Waals surface area contributed by atoms with Gasteiger partial charge in [0, 0.05) is 19.1 Å². The molecule has 1 aliphatic rings. The fourth-order valence-corrected chi connectivity index (χ4v) is 3.64. The molecule has 1 saturated heterocycles. The molecule has 2 aromatic heterocycles. The molecule has 9 heteroatoms. The highest BCUT2D eigenvalue weighted by atomic mass is 16.3. The molecule has 3 aromatic rings. The minimum atomic E-state index is -0.445. The van der Waals surface area contributed by atoms with Gasteiger partial charge in [0.1, 0.15) is 17.6 Å². The maximum atomic E-state index is 11.9. The van der Waals surface area contributed by atoms with Crippen molar-refractivity contribution in [3.63, 3.8) is 0 Å². The topological polar surface area (TPSA) is 133 Å². The van der Waals surface area contributed by atoms with Gasteiger partial charge in [-0.1, -0.05) is 12.1 Å². The van der Waals surface area contributed by atoms with E-state index in [0.717, 1.165) is 42.8 Å². The van der Waals surface area contributed by atoms with E-state index < -0.39 is 6.04 Å². The van der Waals surface area contributed by atoms with Crippen LogP contribution in [0.1, 0.15) is 18.4 Å². The molecule has 0 saturated carbocycles. The van der Waals surface area contributed by atoms with Crippen LogP contribution in [-0.2, 0) is 11.2 Å². The molecule has 1 amide bonds. The first-order valence-electron chi connectivity index (χ1n) is 9.32. The fourth-order valence-electron chi connectivity index (χ4n) is 3.64. The number of carbonyl (C=O) groups excluding carboxylic acids is 1. The summed E-state index contributed by atoms with van der Waals surface area (Å²) >= 11 is 0. The molecule has 1 aliphatic heterocycles. The average molecular weight is 381 g/mol. The number of anilines is 1. The maximum absolute atomic E-state index is 11.9. The second-order valence-corrected chi connectivity index (χ2v) is 7.05. The average Bonchev–Trinajstić information content (AvgIpc) is 3.18. The Labute approximate surface area is 162 Å². The molecule has 3 heterocycles. The van der Waals surface area contributed by atoms with Gasteiger partial charge in [0.05, 0.1) is 12.4 Å². The molecule has 5 N–H and O–H groups in total. The molecule has 0 bridgehead atoms. The first kappa shape index (κ1) is 18.2. The smallest absolute Gasteiger partial charge is 0.234 e. The molecular weight excluding hydrogens is 358 g/mol. The molecule has 0 unspecified atom stereocenters. The molecule has 28 heavy (non-hydrogen) atoms. The van der Waals surface area contributed by atoms with E-state index >= 15 is 0 Å². The zero-order chi connectivity index (χ0) is 19.5.